The summed E-state index contributed by atoms with van der Waals surface area (Å²) in [7, 11) is 3.45. The highest BCUT2D eigenvalue weighted by Gasteiger charge is 2.01. The van der Waals surface area contributed by atoms with Gasteiger partial charge < -0.3 is 15.4 Å². The maximum absolute atomic E-state index is 5.22. The summed E-state index contributed by atoms with van der Waals surface area (Å²) in [5.41, 5.74) is 2.27. The fourth-order valence-corrected chi connectivity index (χ4v) is 2.67. The highest BCUT2D eigenvalue weighted by Crippen LogP contribution is 2.12. The van der Waals surface area contributed by atoms with E-state index < -0.39 is 0 Å². The second kappa shape index (κ2) is 10.4. The van der Waals surface area contributed by atoms with Crippen LogP contribution in [0.2, 0.25) is 0 Å². The van der Waals surface area contributed by atoms with Crippen LogP contribution in [0.5, 0.6) is 5.75 Å². The largest absolute Gasteiger partial charge is 0.497 e. The lowest BCUT2D eigenvalue weighted by Crippen LogP contribution is -2.37. The lowest BCUT2D eigenvalue weighted by molar-refractivity contribution is 0.414. The normalized spacial score (nSPS) is 10.8. The Morgan fingerprint density at radius 2 is 2.17 bits per heavy atom. The molecular weight excluding hydrogens is 423 g/mol. The van der Waals surface area contributed by atoms with Crippen LogP contribution in [0.4, 0.5) is 0 Å². The number of aliphatic imine (C=N–C) groups is 1. The predicted molar refractivity (Wildman–Crippen MR) is 107 cm³/mol. The summed E-state index contributed by atoms with van der Waals surface area (Å²) in [6, 6.07) is 7.99. The summed E-state index contributed by atoms with van der Waals surface area (Å²) in [4.78, 5) is 8.68. The van der Waals surface area contributed by atoms with Crippen molar-refractivity contribution in [3.05, 3.63) is 45.9 Å². The molecule has 2 aromatic rings. The zero-order valence-electron chi connectivity index (χ0n) is 13.6. The minimum atomic E-state index is 0. The van der Waals surface area contributed by atoms with Crippen molar-refractivity contribution in [2.45, 2.75) is 19.9 Å². The van der Waals surface area contributed by atoms with E-state index in [-0.39, 0.29) is 24.0 Å². The van der Waals surface area contributed by atoms with Crippen molar-refractivity contribution in [2.75, 3.05) is 20.7 Å². The van der Waals surface area contributed by atoms with Crippen molar-refractivity contribution >= 4 is 41.3 Å². The summed E-state index contributed by atoms with van der Waals surface area (Å²) in [5.74, 6) is 1.65. The van der Waals surface area contributed by atoms with E-state index in [0.717, 1.165) is 40.9 Å². The first-order chi connectivity index (χ1) is 10.7. The van der Waals surface area contributed by atoms with Crippen molar-refractivity contribution < 1.29 is 4.74 Å². The molecule has 1 aromatic heterocycles. The molecule has 0 aliphatic heterocycles. The van der Waals surface area contributed by atoms with Gasteiger partial charge in [-0.05, 0) is 24.6 Å². The zero-order chi connectivity index (χ0) is 15.8. The molecule has 0 amide bonds. The topological polar surface area (TPSA) is 58.5 Å². The number of halogens is 1. The molecule has 0 spiro atoms. The number of ether oxygens (including phenoxy) is 1. The van der Waals surface area contributed by atoms with Crippen LogP contribution in [0.3, 0.4) is 0 Å². The minimum Gasteiger partial charge on any atom is -0.497 e. The Balaban J connectivity index is 0.00000264. The predicted octanol–water partition coefficient (Wildman–Crippen LogP) is 2.99. The molecule has 0 fully saturated rings. The van der Waals surface area contributed by atoms with Crippen LogP contribution in [-0.2, 0) is 13.0 Å². The molecule has 1 heterocycles. The highest BCUT2D eigenvalue weighted by atomic mass is 127. The standard InChI is InChI=1S/C16H22N4OS.HI/c1-12-20-14(11-22-12)7-8-18-16(17-2)19-10-13-5-4-6-15(9-13)21-3;/h4-6,9,11H,7-8,10H2,1-3H3,(H2,17,18,19);1H. The number of aromatic nitrogens is 1. The third-order valence-corrected chi connectivity index (χ3v) is 3.98. The van der Waals surface area contributed by atoms with Crippen molar-refractivity contribution in [3.8, 4) is 5.75 Å². The van der Waals surface area contributed by atoms with Crippen LogP contribution in [-0.4, -0.2) is 31.6 Å². The maximum atomic E-state index is 5.22. The fraction of sp³-hybridized carbons (Fsp3) is 0.375. The van der Waals surface area contributed by atoms with E-state index in [1.54, 1.807) is 25.5 Å². The smallest absolute Gasteiger partial charge is 0.191 e. The molecule has 0 bridgehead atoms. The number of hydrogen-bond acceptors (Lipinski definition) is 4. The first-order valence-corrected chi connectivity index (χ1v) is 8.07. The Morgan fingerprint density at radius 1 is 1.35 bits per heavy atom. The average molecular weight is 446 g/mol. The number of thiazole rings is 1. The van der Waals surface area contributed by atoms with E-state index in [9.17, 15) is 0 Å². The molecule has 0 atom stereocenters. The van der Waals surface area contributed by atoms with Crippen LogP contribution >= 0.6 is 35.3 Å². The van der Waals surface area contributed by atoms with Gasteiger partial charge in [-0.15, -0.1) is 35.3 Å². The molecule has 23 heavy (non-hydrogen) atoms. The lowest BCUT2D eigenvalue weighted by atomic mass is 10.2. The van der Waals surface area contributed by atoms with Gasteiger partial charge in [-0.2, -0.15) is 0 Å². The second-order valence-electron chi connectivity index (χ2n) is 4.81. The summed E-state index contributed by atoms with van der Waals surface area (Å²) >= 11 is 1.68. The molecule has 126 valence electrons. The number of hydrogen-bond donors (Lipinski definition) is 2. The second-order valence-corrected chi connectivity index (χ2v) is 5.87. The summed E-state index contributed by atoms with van der Waals surface area (Å²) in [5, 5.41) is 9.80. The van der Waals surface area contributed by atoms with Crippen molar-refractivity contribution in [1.29, 1.82) is 0 Å². The quantitative estimate of drug-likeness (QED) is 0.407. The van der Waals surface area contributed by atoms with Crippen molar-refractivity contribution in [3.63, 3.8) is 0 Å². The molecule has 1 aromatic carbocycles. The molecule has 2 N–H and O–H groups in total. The molecule has 0 aliphatic rings. The monoisotopic (exact) mass is 446 g/mol. The molecule has 7 heteroatoms. The van der Waals surface area contributed by atoms with Gasteiger partial charge in [0.15, 0.2) is 5.96 Å². The van der Waals surface area contributed by atoms with E-state index >= 15 is 0 Å². The Hall–Kier alpha value is -1.35. The van der Waals surface area contributed by atoms with E-state index in [1.165, 1.54) is 0 Å². The Kier molecular flexibility index (Phi) is 8.93. The number of guanidine groups is 1. The SMILES string of the molecule is CN=C(NCCc1csc(C)n1)NCc1cccc(OC)c1.I. The van der Waals surface area contributed by atoms with Gasteiger partial charge in [-0.1, -0.05) is 12.1 Å². The van der Waals surface area contributed by atoms with Crippen LogP contribution in [0.15, 0.2) is 34.6 Å². The molecule has 0 saturated heterocycles. The summed E-state index contributed by atoms with van der Waals surface area (Å²) in [6.07, 6.45) is 0.893. The molecular formula is C16H23IN4OS. The molecule has 2 rings (SSSR count). The zero-order valence-corrected chi connectivity index (χ0v) is 16.8. The molecule has 0 saturated carbocycles. The van der Waals surface area contributed by atoms with Gasteiger partial charge in [0, 0.05) is 31.9 Å². The van der Waals surface area contributed by atoms with Gasteiger partial charge in [-0.3, -0.25) is 4.99 Å². The summed E-state index contributed by atoms with van der Waals surface area (Å²) < 4.78 is 5.22. The number of nitrogens with one attached hydrogen (secondary N) is 2. The van der Waals surface area contributed by atoms with Crippen LogP contribution in [0, 0.1) is 6.92 Å². The summed E-state index contributed by atoms with van der Waals surface area (Å²) in [6.45, 7) is 3.53. The average Bonchev–Trinajstić information content (AvgIpc) is 2.96. The number of methoxy groups -OCH3 is 1. The number of rotatable bonds is 6. The molecule has 5 nitrogen and oxygen atoms in total. The van der Waals surface area contributed by atoms with Crippen LogP contribution in [0.25, 0.3) is 0 Å². The van der Waals surface area contributed by atoms with Crippen LogP contribution in [0.1, 0.15) is 16.3 Å². The first-order valence-electron chi connectivity index (χ1n) is 7.19. The third-order valence-electron chi connectivity index (χ3n) is 3.16. The number of nitrogens with zero attached hydrogens (tertiary/aromatic N) is 2. The Labute approximate surface area is 158 Å². The van der Waals surface area contributed by atoms with Crippen molar-refractivity contribution in [2.24, 2.45) is 4.99 Å². The third kappa shape index (κ3) is 6.74. The van der Waals surface area contributed by atoms with E-state index in [4.69, 9.17) is 4.74 Å². The van der Waals surface area contributed by atoms with Gasteiger partial charge in [0.25, 0.3) is 0 Å². The van der Waals surface area contributed by atoms with Gasteiger partial charge >= 0.3 is 0 Å². The molecule has 0 aliphatic carbocycles. The van der Waals surface area contributed by atoms with E-state index in [2.05, 4.69) is 32.1 Å². The first kappa shape index (κ1) is 19.7. The van der Waals surface area contributed by atoms with Gasteiger partial charge in [-0.25, -0.2) is 4.98 Å². The van der Waals surface area contributed by atoms with E-state index in [1.807, 2.05) is 25.1 Å². The lowest BCUT2D eigenvalue weighted by Gasteiger charge is -2.12. The Bertz CT molecular complexity index is 630. The Morgan fingerprint density at radius 3 is 2.83 bits per heavy atom. The maximum Gasteiger partial charge on any atom is 0.191 e. The van der Waals surface area contributed by atoms with Crippen LogP contribution < -0.4 is 15.4 Å². The van der Waals surface area contributed by atoms with Gasteiger partial charge in [0.2, 0.25) is 0 Å². The minimum absolute atomic E-state index is 0. The molecule has 0 unspecified atom stereocenters. The number of benzene rings is 1. The van der Waals surface area contributed by atoms with Gasteiger partial charge in [0.1, 0.15) is 5.75 Å². The van der Waals surface area contributed by atoms with Gasteiger partial charge in [0.05, 0.1) is 17.8 Å². The number of aryl methyl sites for hydroxylation is 1. The fourth-order valence-electron chi connectivity index (χ4n) is 2.02. The van der Waals surface area contributed by atoms with Crippen molar-refractivity contribution in [1.82, 2.24) is 15.6 Å². The van der Waals surface area contributed by atoms with E-state index in [0.29, 0.717) is 6.54 Å². The highest BCUT2D eigenvalue weighted by molar-refractivity contribution is 14.0. The molecule has 0 radical (unpaired) electrons.